The molecule has 114 valence electrons. The second-order valence-electron chi connectivity index (χ2n) is 6.76. The highest BCUT2D eigenvalue weighted by molar-refractivity contribution is 9.09. The molecule has 4 atom stereocenters. The van der Waals surface area contributed by atoms with Gasteiger partial charge in [0.05, 0.1) is 13.2 Å². The number of hydrogen-bond donors (Lipinski definition) is 0. The lowest BCUT2D eigenvalue weighted by atomic mass is 9.67. The Bertz CT molecular complexity index is 501. The van der Waals surface area contributed by atoms with Crippen LogP contribution in [-0.2, 0) is 16.1 Å². The van der Waals surface area contributed by atoms with Gasteiger partial charge in [0.15, 0.2) is 0 Å². The molecule has 2 aliphatic carbocycles. The average Bonchev–Trinajstić information content (AvgIpc) is 2.84. The monoisotopic (exact) mass is 350 g/mol. The molecule has 0 spiro atoms. The number of fused-ring (bicyclic) bond motifs is 1. The molecule has 0 aliphatic heterocycles. The first-order chi connectivity index (χ1) is 10.1. The number of hydrogen-bond acceptors (Lipinski definition) is 2. The van der Waals surface area contributed by atoms with Gasteiger partial charge >= 0.3 is 0 Å². The van der Waals surface area contributed by atoms with E-state index in [1.165, 1.54) is 5.56 Å². The Morgan fingerprint density at radius 1 is 1.29 bits per heavy atom. The Kier molecular flexibility index (Phi) is 4.51. The third kappa shape index (κ3) is 2.95. The standard InChI is InChI=1S/C18H23BrO2/c1-18-10-9-14(17(18)15(20)7-8-16(18)19)12-21-11-13-5-3-2-4-6-13/h2-6,14,16-17H,7-12H2,1H3/t14-,16-,17-,18+/m0/s1. The molecule has 0 heterocycles. The first-order valence-electron chi connectivity index (χ1n) is 7.90. The van der Waals surface area contributed by atoms with Gasteiger partial charge in [-0.2, -0.15) is 0 Å². The highest BCUT2D eigenvalue weighted by atomic mass is 79.9. The van der Waals surface area contributed by atoms with E-state index in [9.17, 15) is 4.79 Å². The van der Waals surface area contributed by atoms with Gasteiger partial charge in [-0.15, -0.1) is 0 Å². The molecule has 2 nitrogen and oxygen atoms in total. The highest BCUT2D eigenvalue weighted by Gasteiger charge is 2.54. The smallest absolute Gasteiger partial charge is 0.136 e. The first kappa shape index (κ1) is 15.2. The van der Waals surface area contributed by atoms with Gasteiger partial charge in [0.25, 0.3) is 0 Å². The van der Waals surface area contributed by atoms with Crippen molar-refractivity contribution in [1.29, 1.82) is 0 Å². The molecule has 0 amide bonds. The quantitative estimate of drug-likeness (QED) is 0.754. The molecular formula is C18H23BrO2. The molecular weight excluding hydrogens is 328 g/mol. The van der Waals surface area contributed by atoms with Crippen LogP contribution in [0.25, 0.3) is 0 Å². The first-order valence-corrected chi connectivity index (χ1v) is 8.81. The number of ether oxygens (including phenoxy) is 1. The van der Waals surface area contributed by atoms with Crippen molar-refractivity contribution in [3.63, 3.8) is 0 Å². The van der Waals surface area contributed by atoms with Crippen LogP contribution in [0, 0.1) is 17.3 Å². The predicted molar refractivity (Wildman–Crippen MR) is 87.4 cm³/mol. The van der Waals surface area contributed by atoms with Crippen LogP contribution in [0.5, 0.6) is 0 Å². The van der Waals surface area contributed by atoms with E-state index >= 15 is 0 Å². The fourth-order valence-electron chi connectivity index (χ4n) is 4.18. The van der Waals surface area contributed by atoms with Crippen LogP contribution in [-0.4, -0.2) is 17.2 Å². The molecule has 0 saturated heterocycles. The third-order valence-corrected chi connectivity index (χ3v) is 6.89. The molecule has 3 heteroatoms. The maximum Gasteiger partial charge on any atom is 0.136 e. The van der Waals surface area contributed by atoms with Crippen molar-refractivity contribution in [3.05, 3.63) is 35.9 Å². The average molecular weight is 351 g/mol. The summed E-state index contributed by atoms with van der Waals surface area (Å²) >= 11 is 3.82. The van der Waals surface area contributed by atoms with Gasteiger partial charge in [0, 0.05) is 17.2 Å². The number of alkyl halides is 1. The van der Waals surface area contributed by atoms with Crippen molar-refractivity contribution in [3.8, 4) is 0 Å². The fraction of sp³-hybridized carbons (Fsp3) is 0.611. The Balaban J connectivity index is 1.60. The van der Waals surface area contributed by atoms with Crippen LogP contribution in [0.2, 0.25) is 0 Å². The number of carbonyl (C=O) groups is 1. The van der Waals surface area contributed by atoms with E-state index in [1.807, 2.05) is 18.2 Å². The molecule has 2 aliphatic rings. The second kappa shape index (κ2) is 6.21. The Morgan fingerprint density at radius 2 is 2.05 bits per heavy atom. The minimum absolute atomic E-state index is 0.135. The molecule has 3 rings (SSSR count). The van der Waals surface area contributed by atoms with Crippen molar-refractivity contribution < 1.29 is 9.53 Å². The van der Waals surface area contributed by atoms with Crippen molar-refractivity contribution in [2.45, 2.75) is 44.0 Å². The number of halogens is 1. The zero-order chi connectivity index (χ0) is 14.9. The van der Waals surface area contributed by atoms with Crippen LogP contribution in [0.15, 0.2) is 30.3 Å². The summed E-state index contributed by atoms with van der Waals surface area (Å²) in [5.74, 6) is 1.04. The van der Waals surface area contributed by atoms with Gasteiger partial charge in [-0.25, -0.2) is 0 Å². The van der Waals surface area contributed by atoms with Gasteiger partial charge in [0.1, 0.15) is 5.78 Å². The molecule has 21 heavy (non-hydrogen) atoms. The minimum Gasteiger partial charge on any atom is -0.376 e. The zero-order valence-electron chi connectivity index (χ0n) is 12.6. The summed E-state index contributed by atoms with van der Waals surface area (Å²) in [7, 11) is 0. The third-order valence-electron chi connectivity index (χ3n) is 5.39. The van der Waals surface area contributed by atoms with Gasteiger partial charge in [-0.05, 0) is 36.2 Å². The molecule has 1 aromatic rings. The summed E-state index contributed by atoms with van der Waals surface area (Å²) in [5.41, 5.74) is 1.34. The summed E-state index contributed by atoms with van der Waals surface area (Å²) < 4.78 is 5.91. The number of benzene rings is 1. The SMILES string of the molecule is C[C@]12CC[C@@H](COCc3ccccc3)[C@H]1C(=O)CC[C@@H]2Br. The van der Waals surface area contributed by atoms with Crippen LogP contribution in [0.4, 0.5) is 0 Å². The molecule has 2 saturated carbocycles. The Labute approximate surface area is 135 Å². The van der Waals surface area contributed by atoms with Crippen LogP contribution < -0.4 is 0 Å². The lowest BCUT2D eigenvalue weighted by Crippen LogP contribution is -2.44. The van der Waals surface area contributed by atoms with E-state index in [1.54, 1.807) is 0 Å². The summed E-state index contributed by atoms with van der Waals surface area (Å²) in [5, 5.41) is 0. The largest absolute Gasteiger partial charge is 0.376 e. The molecule has 2 fully saturated rings. The maximum absolute atomic E-state index is 12.4. The normalized spacial score (nSPS) is 35.7. The highest BCUT2D eigenvalue weighted by Crippen LogP contribution is 2.55. The van der Waals surface area contributed by atoms with Gasteiger partial charge in [-0.1, -0.05) is 53.2 Å². The fourth-order valence-corrected chi connectivity index (χ4v) is 4.92. The summed E-state index contributed by atoms with van der Waals surface area (Å²) in [4.78, 5) is 12.9. The number of Topliss-reactive ketones (excluding diaryl/α,β-unsaturated/α-hetero) is 1. The molecule has 0 radical (unpaired) electrons. The van der Waals surface area contributed by atoms with Gasteiger partial charge in [-0.3, -0.25) is 4.79 Å². The van der Waals surface area contributed by atoms with Gasteiger partial charge < -0.3 is 4.74 Å². The van der Waals surface area contributed by atoms with Crippen LogP contribution in [0.3, 0.4) is 0 Å². The number of carbonyl (C=O) groups excluding carboxylic acids is 1. The Hall–Kier alpha value is -0.670. The molecule has 0 N–H and O–H groups in total. The van der Waals surface area contributed by atoms with Crippen molar-refractivity contribution in [2.24, 2.45) is 17.3 Å². The number of rotatable bonds is 4. The maximum atomic E-state index is 12.4. The van der Waals surface area contributed by atoms with E-state index in [4.69, 9.17) is 4.74 Å². The van der Waals surface area contributed by atoms with Crippen molar-refractivity contribution >= 4 is 21.7 Å². The molecule has 1 aromatic carbocycles. The van der Waals surface area contributed by atoms with E-state index in [-0.39, 0.29) is 11.3 Å². The number of ketones is 1. The topological polar surface area (TPSA) is 26.3 Å². The summed E-state index contributed by atoms with van der Waals surface area (Å²) in [6, 6.07) is 10.2. The molecule has 0 bridgehead atoms. The van der Waals surface area contributed by atoms with Crippen molar-refractivity contribution in [1.82, 2.24) is 0 Å². The predicted octanol–water partition coefficient (Wildman–Crippen LogP) is 4.36. The lowest BCUT2D eigenvalue weighted by Gasteiger charge is -2.41. The lowest BCUT2D eigenvalue weighted by molar-refractivity contribution is -0.131. The minimum atomic E-state index is 0.135. The van der Waals surface area contributed by atoms with Crippen molar-refractivity contribution in [2.75, 3.05) is 6.61 Å². The zero-order valence-corrected chi connectivity index (χ0v) is 14.1. The summed E-state index contributed by atoms with van der Waals surface area (Å²) in [6.07, 6.45) is 3.97. The van der Waals surface area contributed by atoms with Crippen LogP contribution in [0.1, 0.15) is 38.2 Å². The van der Waals surface area contributed by atoms with Crippen LogP contribution >= 0.6 is 15.9 Å². The van der Waals surface area contributed by atoms with E-state index in [0.717, 1.165) is 25.7 Å². The Morgan fingerprint density at radius 3 is 2.81 bits per heavy atom. The van der Waals surface area contributed by atoms with E-state index in [0.29, 0.717) is 29.7 Å². The molecule has 0 unspecified atom stereocenters. The van der Waals surface area contributed by atoms with Gasteiger partial charge in [0.2, 0.25) is 0 Å². The summed E-state index contributed by atoms with van der Waals surface area (Å²) in [6.45, 7) is 3.64. The van der Waals surface area contributed by atoms with E-state index < -0.39 is 0 Å². The van der Waals surface area contributed by atoms with E-state index in [2.05, 4.69) is 35.0 Å². The second-order valence-corrected chi connectivity index (χ2v) is 7.86. The molecule has 0 aromatic heterocycles.